The molecule has 0 radical (unpaired) electrons. The van der Waals surface area contributed by atoms with E-state index in [1.165, 1.54) is 0 Å². The number of benzene rings is 1. The molecule has 1 rings (SSSR count). The van der Waals surface area contributed by atoms with Gasteiger partial charge in [-0.2, -0.15) is 0 Å². The van der Waals surface area contributed by atoms with Crippen LogP contribution in [0.3, 0.4) is 0 Å². The molecular formula is C7H2BrClNO4-. The highest BCUT2D eigenvalue weighted by molar-refractivity contribution is 9.10. The van der Waals surface area contributed by atoms with Gasteiger partial charge in [0.25, 0.3) is 5.69 Å². The molecule has 74 valence electrons. The molecule has 0 fully saturated rings. The van der Waals surface area contributed by atoms with Crippen molar-refractivity contribution in [1.82, 2.24) is 0 Å². The number of nitro groups is 1. The number of carbonyl (C=O) groups excluding carboxylic acids is 1. The molecule has 7 heteroatoms. The Morgan fingerprint density at radius 3 is 2.57 bits per heavy atom. The number of rotatable bonds is 2. The molecule has 0 aliphatic rings. The average molecular weight is 279 g/mol. The second kappa shape index (κ2) is 3.93. The second-order valence-electron chi connectivity index (χ2n) is 2.32. The van der Waals surface area contributed by atoms with Gasteiger partial charge in [0, 0.05) is 16.1 Å². The monoisotopic (exact) mass is 278 g/mol. The summed E-state index contributed by atoms with van der Waals surface area (Å²) >= 11 is 8.30. The van der Waals surface area contributed by atoms with Crippen LogP contribution in [0, 0.1) is 10.1 Å². The summed E-state index contributed by atoms with van der Waals surface area (Å²) in [5.41, 5.74) is -0.770. The van der Waals surface area contributed by atoms with Gasteiger partial charge in [0.05, 0.1) is 4.92 Å². The maximum Gasteiger partial charge on any atom is 0.289 e. The van der Waals surface area contributed by atoms with Gasteiger partial charge in [-0.1, -0.05) is 17.4 Å². The largest absolute Gasteiger partial charge is 0.871 e. The number of halogens is 2. The van der Waals surface area contributed by atoms with Gasteiger partial charge in [-0.05, 0) is 15.9 Å². The molecule has 0 saturated heterocycles. The fourth-order valence-electron chi connectivity index (χ4n) is 0.835. The van der Waals surface area contributed by atoms with Crippen LogP contribution in [-0.4, -0.2) is 11.2 Å². The molecule has 5 nitrogen and oxygen atoms in total. The van der Waals surface area contributed by atoms with E-state index >= 15 is 0 Å². The third kappa shape index (κ3) is 1.71. The fraction of sp³-hybridized carbons (Fsp3) is 0. The van der Waals surface area contributed by atoms with Crippen LogP contribution in [0.2, 0.25) is 5.02 Å². The van der Waals surface area contributed by atoms with Crippen molar-refractivity contribution in [3.8, 4) is 5.75 Å². The van der Waals surface area contributed by atoms with E-state index in [-0.39, 0.29) is 21.3 Å². The quantitative estimate of drug-likeness (QED) is 0.470. The van der Waals surface area contributed by atoms with Gasteiger partial charge in [-0.25, -0.2) is 0 Å². The molecule has 0 N–H and O–H groups in total. The molecule has 0 aromatic heterocycles. The van der Waals surface area contributed by atoms with Gasteiger partial charge in [0.15, 0.2) is 0 Å². The summed E-state index contributed by atoms with van der Waals surface area (Å²) < 4.78 is -0.171. The Morgan fingerprint density at radius 2 is 2.14 bits per heavy atom. The number of hydrogen-bond acceptors (Lipinski definition) is 4. The predicted octanol–water partition coefficient (Wildman–Crippen LogP) is 1.90. The number of nitrogens with zero attached hydrogens (tertiary/aromatic N) is 1. The van der Waals surface area contributed by atoms with Crippen LogP contribution in [0.15, 0.2) is 10.5 Å². The lowest BCUT2D eigenvalue weighted by Crippen LogP contribution is -2.00. The smallest absolute Gasteiger partial charge is 0.289 e. The molecule has 0 amide bonds. The minimum absolute atomic E-state index is 0.171. The van der Waals surface area contributed by atoms with Gasteiger partial charge in [0.1, 0.15) is 11.3 Å². The first-order chi connectivity index (χ1) is 6.49. The molecule has 0 atom stereocenters. The maximum absolute atomic E-state index is 11.2. The van der Waals surface area contributed by atoms with Crippen molar-refractivity contribution in [3.63, 3.8) is 0 Å². The number of nitro benzene ring substituents is 1. The Hall–Kier alpha value is -1.14. The van der Waals surface area contributed by atoms with Crippen molar-refractivity contribution in [2.24, 2.45) is 0 Å². The number of hydrogen-bond donors (Lipinski definition) is 0. The zero-order chi connectivity index (χ0) is 10.9. The molecule has 0 unspecified atom stereocenters. The Morgan fingerprint density at radius 1 is 1.57 bits per heavy atom. The molecule has 0 aliphatic heterocycles. The second-order valence-corrected chi connectivity index (χ2v) is 3.49. The van der Waals surface area contributed by atoms with Crippen LogP contribution in [0.1, 0.15) is 10.4 Å². The molecule has 0 spiro atoms. The van der Waals surface area contributed by atoms with Crippen molar-refractivity contribution in [2.75, 3.05) is 0 Å². The third-order valence-corrected chi connectivity index (χ3v) is 2.86. The minimum Gasteiger partial charge on any atom is -0.871 e. The first-order valence-corrected chi connectivity index (χ1v) is 4.44. The molecule has 1 aromatic carbocycles. The van der Waals surface area contributed by atoms with Crippen LogP contribution in [0.4, 0.5) is 5.69 Å². The SMILES string of the molecule is O=Cc1cc([N+](=O)[O-])c(Cl)c(Br)c1[O-]. The first-order valence-electron chi connectivity index (χ1n) is 3.27. The van der Waals surface area contributed by atoms with Gasteiger partial charge >= 0.3 is 0 Å². The standard InChI is InChI=1S/C7H3BrClNO4/c8-5-6(9)4(10(13)14)1-3(2-11)7(5)12/h1-2,12H/p-1. The summed E-state index contributed by atoms with van der Waals surface area (Å²) in [6.45, 7) is 0. The molecule has 0 heterocycles. The molecule has 0 saturated carbocycles. The van der Waals surface area contributed by atoms with Crippen molar-refractivity contribution in [3.05, 3.63) is 31.2 Å². The Kier molecular flexibility index (Phi) is 3.07. The highest BCUT2D eigenvalue weighted by Crippen LogP contribution is 2.38. The van der Waals surface area contributed by atoms with E-state index in [9.17, 15) is 20.0 Å². The summed E-state index contributed by atoms with van der Waals surface area (Å²) in [7, 11) is 0. The zero-order valence-corrected chi connectivity index (χ0v) is 8.83. The lowest BCUT2D eigenvalue weighted by Gasteiger charge is -2.12. The molecule has 14 heavy (non-hydrogen) atoms. The summed E-state index contributed by atoms with van der Waals surface area (Å²) in [6.07, 6.45) is 0.246. The van der Waals surface area contributed by atoms with Gasteiger partial charge < -0.3 is 5.11 Å². The van der Waals surface area contributed by atoms with E-state index in [2.05, 4.69) is 15.9 Å². The lowest BCUT2D eigenvalue weighted by molar-refractivity contribution is -0.385. The lowest BCUT2D eigenvalue weighted by atomic mass is 10.2. The Labute approximate surface area is 91.6 Å². The summed E-state index contributed by atoms with van der Waals surface area (Å²) in [5.74, 6) is -0.657. The predicted molar refractivity (Wildman–Crippen MR) is 50.6 cm³/mol. The van der Waals surface area contributed by atoms with Crippen molar-refractivity contribution in [2.45, 2.75) is 0 Å². The highest BCUT2D eigenvalue weighted by Gasteiger charge is 2.17. The van der Waals surface area contributed by atoms with Gasteiger partial charge in [0.2, 0.25) is 0 Å². The van der Waals surface area contributed by atoms with Crippen LogP contribution < -0.4 is 5.11 Å². The van der Waals surface area contributed by atoms with Crippen LogP contribution in [0.5, 0.6) is 5.75 Å². The summed E-state index contributed by atoms with van der Waals surface area (Å²) in [6, 6.07) is 0.850. The van der Waals surface area contributed by atoms with E-state index in [4.69, 9.17) is 11.6 Å². The summed E-state index contributed by atoms with van der Waals surface area (Å²) in [4.78, 5) is 20.1. The van der Waals surface area contributed by atoms with Crippen molar-refractivity contribution >= 4 is 39.5 Å². The van der Waals surface area contributed by atoms with Crippen molar-refractivity contribution in [1.29, 1.82) is 0 Å². The van der Waals surface area contributed by atoms with Gasteiger partial charge in [-0.3, -0.25) is 14.9 Å². The minimum atomic E-state index is -0.764. The van der Waals surface area contributed by atoms with Crippen LogP contribution in [0.25, 0.3) is 0 Å². The topological polar surface area (TPSA) is 83.3 Å². The average Bonchev–Trinajstić information content (AvgIpc) is 2.14. The van der Waals surface area contributed by atoms with E-state index in [1.807, 2.05) is 0 Å². The fourth-order valence-corrected chi connectivity index (χ4v) is 1.48. The van der Waals surface area contributed by atoms with E-state index in [1.54, 1.807) is 0 Å². The number of carbonyl (C=O) groups is 1. The normalized spacial score (nSPS) is 9.86. The van der Waals surface area contributed by atoms with E-state index < -0.39 is 16.4 Å². The van der Waals surface area contributed by atoms with E-state index in [0.717, 1.165) is 6.07 Å². The molecule has 0 bridgehead atoms. The van der Waals surface area contributed by atoms with Crippen molar-refractivity contribution < 1.29 is 14.8 Å². The Bertz CT molecular complexity index is 421. The first kappa shape index (κ1) is 10.9. The highest BCUT2D eigenvalue weighted by atomic mass is 79.9. The van der Waals surface area contributed by atoms with Crippen LogP contribution >= 0.6 is 27.5 Å². The zero-order valence-electron chi connectivity index (χ0n) is 6.49. The number of aldehydes is 1. The van der Waals surface area contributed by atoms with E-state index in [0.29, 0.717) is 0 Å². The molecule has 0 aliphatic carbocycles. The summed E-state index contributed by atoms with van der Waals surface area (Å²) in [5, 5.41) is 21.3. The maximum atomic E-state index is 11.2. The third-order valence-electron chi connectivity index (χ3n) is 1.50. The molecular weight excluding hydrogens is 277 g/mol. The Balaban J connectivity index is 3.56. The molecule has 1 aromatic rings. The van der Waals surface area contributed by atoms with Gasteiger partial charge in [-0.15, -0.1) is 0 Å². The van der Waals surface area contributed by atoms with Crippen LogP contribution in [-0.2, 0) is 0 Å².